The first-order chi connectivity index (χ1) is 11.2. The molecule has 4 N–H and O–H groups in total. The number of nitrogens with zero attached hydrogens (tertiary/aromatic N) is 1. The maximum absolute atomic E-state index is 12.6. The summed E-state index contributed by atoms with van der Waals surface area (Å²) >= 11 is 0. The van der Waals surface area contributed by atoms with E-state index in [1.807, 2.05) is 5.43 Å². The Labute approximate surface area is 133 Å². The van der Waals surface area contributed by atoms with Gasteiger partial charge in [0.1, 0.15) is 5.75 Å². The average molecular weight is 340 g/mol. The van der Waals surface area contributed by atoms with Crippen LogP contribution in [0.25, 0.3) is 0 Å². The maximum atomic E-state index is 12.6. The summed E-state index contributed by atoms with van der Waals surface area (Å²) in [6.07, 6.45) is -3.62. The molecule has 0 bridgehead atoms. The molecule has 2 rings (SSSR count). The van der Waals surface area contributed by atoms with Crippen molar-refractivity contribution < 1.29 is 33.3 Å². The molecule has 0 radical (unpaired) electrons. The molecule has 0 atom stereocenters. The lowest BCUT2D eigenvalue weighted by atomic mass is 10.1. The summed E-state index contributed by atoms with van der Waals surface area (Å²) in [5.41, 5.74) is 0.754. The van der Waals surface area contributed by atoms with E-state index in [4.69, 9.17) is 5.11 Å². The number of hydrogen-bond acceptors (Lipinski definition) is 5. The molecular formula is C15H11F3N2O4. The molecule has 0 saturated carbocycles. The molecule has 0 heterocycles. The minimum atomic E-state index is -4.57. The Kier molecular flexibility index (Phi) is 4.63. The van der Waals surface area contributed by atoms with Gasteiger partial charge in [-0.3, -0.25) is 4.79 Å². The van der Waals surface area contributed by atoms with Crippen LogP contribution < -0.4 is 5.43 Å². The molecule has 2 aromatic rings. The highest BCUT2D eigenvalue weighted by molar-refractivity contribution is 5.95. The molecule has 9 heteroatoms. The topological polar surface area (TPSA) is 102 Å². The number of hydrogen-bond donors (Lipinski definition) is 4. The van der Waals surface area contributed by atoms with Crippen LogP contribution in [0.15, 0.2) is 41.5 Å². The summed E-state index contributed by atoms with van der Waals surface area (Å²) < 4.78 is 37.8. The number of carbonyl (C=O) groups is 1. The lowest BCUT2D eigenvalue weighted by Crippen LogP contribution is -2.18. The van der Waals surface area contributed by atoms with Crippen LogP contribution in [0.2, 0.25) is 0 Å². The van der Waals surface area contributed by atoms with Gasteiger partial charge in [-0.2, -0.15) is 18.3 Å². The molecule has 0 unspecified atom stereocenters. The van der Waals surface area contributed by atoms with E-state index < -0.39 is 34.9 Å². The highest BCUT2D eigenvalue weighted by atomic mass is 19.4. The SMILES string of the molecule is O=C(NN=Cc1cc(O)c(O)cc1O)c1cccc(C(F)(F)F)c1. The van der Waals surface area contributed by atoms with E-state index in [1.165, 1.54) is 6.07 Å². The summed E-state index contributed by atoms with van der Waals surface area (Å²) in [5.74, 6) is -2.36. The van der Waals surface area contributed by atoms with Crippen molar-refractivity contribution in [2.24, 2.45) is 5.10 Å². The van der Waals surface area contributed by atoms with Crippen LogP contribution >= 0.6 is 0 Å². The molecule has 0 aliphatic carbocycles. The van der Waals surface area contributed by atoms with Crippen molar-refractivity contribution in [1.82, 2.24) is 5.43 Å². The summed E-state index contributed by atoms with van der Waals surface area (Å²) in [6, 6.07) is 5.64. The molecule has 0 saturated heterocycles. The predicted molar refractivity (Wildman–Crippen MR) is 77.9 cm³/mol. The maximum Gasteiger partial charge on any atom is 0.416 e. The number of rotatable bonds is 3. The Morgan fingerprint density at radius 3 is 2.38 bits per heavy atom. The van der Waals surface area contributed by atoms with Crippen LogP contribution in [0, 0.1) is 0 Å². The number of phenols is 3. The lowest BCUT2D eigenvalue weighted by molar-refractivity contribution is -0.137. The standard InChI is InChI=1S/C15H11F3N2O4/c16-15(17,18)10-3-1-2-8(4-10)14(24)20-19-7-9-5-12(22)13(23)6-11(9)21/h1-7,21-23H,(H,20,24). The Morgan fingerprint density at radius 2 is 1.71 bits per heavy atom. The zero-order valence-electron chi connectivity index (χ0n) is 11.9. The van der Waals surface area contributed by atoms with E-state index in [2.05, 4.69) is 5.10 Å². The van der Waals surface area contributed by atoms with Gasteiger partial charge in [-0.25, -0.2) is 5.43 Å². The van der Waals surface area contributed by atoms with Crippen LogP contribution in [-0.4, -0.2) is 27.4 Å². The Hall–Kier alpha value is -3.23. The molecule has 126 valence electrons. The average Bonchev–Trinajstić information content (AvgIpc) is 2.51. The van der Waals surface area contributed by atoms with Gasteiger partial charge in [0.2, 0.25) is 0 Å². The molecule has 24 heavy (non-hydrogen) atoms. The number of alkyl halides is 3. The number of phenolic OH excluding ortho intramolecular Hbond substituents is 3. The van der Waals surface area contributed by atoms with Crippen molar-refractivity contribution in [2.45, 2.75) is 6.18 Å². The van der Waals surface area contributed by atoms with Gasteiger partial charge >= 0.3 is 6.18 Å². The second-order valence-corrected chi connectivity index (χ2v) is 4.68. The molecule has 1 amide bonds. The third-order valence-electron chi connectivity index (χ3n) is 2.95. The Morgan fingerprint density at radius 1 is 1.04 bits per heavy atom. The summed E-state index contributed by atoms with van der Waals surface area (Å²) in [6.45, 7) is 0. The number of carbonyl (C=O) groups excluding carboxylic acids is 1. The number of hydrazone groups is 1. The van der Waals surface area contributed by atoms with Crippen LogP contribution in [-0.2, 0) is 6.18 Å². The number of amides is 1. The molecule has 0 spiro atoms. The van der Waals surface area contributed by atoms with Crippen LogP contribution in [0.1, 0.15) is 21.5 Å². The fourth-order valence-corrected chi connectivity index (χ4v) is 1.75. The first kappa shape index (κ1) is 17.1. The van der Waals surface area contributed by atoms with Crippen molar-refractivity contribution in [3.63, 3.8) is 0 Å². The van der Waals surface area contributed by atoms with Gasteiger partial charge < -0.3 is 15.3 Å². The van der Waals surface area contributed by atoms with Crippen molar-refractivity contribution in [3.05, 3.63) is 53.1 Å². The monoisotopic (exact) mass is 340 g/mol. The van der Waals surface area contributed by atoms with Gasteiger partial charge in [0.15, 0.2) is 11.5 Å². The zero-order chi connectivity index (χ0) is 17.9. The van der Waals surface area contributed by atoms with Crippen LogP contribution in [0.4, 0.5) is 13.2 Å². The van der Waals surface area contributed by atoms with Gasteiger partial charge in [0.05, 0.1) is 11.8 Å². The van der Waals surface area contributed by atoms with Crippen molar-refractivity contribution in [3.8, 4) is 17.2 Å². The first-order valence-corrected chi connectivity index (χ1v) is 6.44. The summed E-state index contributed by atoms with van der Waals surface area (Å²) in [7, 11) is 0. The fourth-order valence-electron chi connectivity index (χ4n) is 1.75. The third kappa shape index (κ3) is 3.94. The van der Waals surface area contributed by atoms with E-state index in [0.717, 1.165) is 30.5 Å². The van der Waals surface area contributed by atoms with E-state index in [9.17, 15) is 28.2 Å². The van der Waals surface area contributed by atoms with Crippen molar-refractivity contribution in [2.75, 3.05) is 0 Å². The molecule has 0 aromatic heterocycles. The minimum absolute atomic E-state index is 0.0188. The van der Waals surface area contributed by atoms with E-state index in [0.29, 0.717) is 6.07 Å². The van der Waals surface area contributed by atoms with Crippen LogP contribution in [0.5, 0.6) is 17.2 Å². The second-order valence-electron chi connectivity index (χ2n) is 4.68. The normalized spacial score (nSPS) is 11.6. The number of halogens is 3. The number of nitrogens with one attached hydrogen (secondary N) is 1. The van der Waals surface area contributed by atoms with Gasteiger partial charge in [0.25, 0.3) is 5.91 Å². The predicted octanol–water partition coefficient (Wildman–Crippen LogP) is 2.59. The third-order valence-corrected chi connectivity index (χ3v) is 2.95. The molecular weight excluding hydrogens is 329 g/mol. The van der Waals surface area contributed by atoms with E-state index in [1.54, 1.807) is 0 Å². The van der Waals surface area contributed by atoms with Gasteiger partial charge in [0, 0.05) is 17.2 Å². The quantitative estimate of drug-likeness (QED) is 0.298. The molecule has 0 aliphatic rings. The van der Waals surface area contributed by atoms with E-state index in [-0.39, 0.29) is 11.1 Å². The summed E-state index contributed by atoms with van der Waals surface area (Å²) in [4.78, 5) is 11.8. The zero-order valence-corrected chi connectivity index (χ0v) is 11.9. The second kappa shape index (κ2) is 6.49. The van der Waals surface area contributed by atoms with E-state index >= 15 is 0 Å². The van der Waals surface area contributed by atoms with Gasteiger partial charge in [-0.1, -0.05) is 6.07 Å². The van der Waals surface area contributed by atoms with Gasteiger partial charge in [-0.05, 0) is 24.3 Å². The molecule has 2 aromatic carbocycles. The summed E-state index contributed by atoms with van der Waals surface area (Å²) in [5, 5.41) is 31.5. The number of aromatic hydroxyl groups is 3. The first-order valence-electron chi connectivity index (χ1n) is 6.44. The Bertz CT molecular complexity index is 804. The highest BCUT2D eigenvalue weighted by Gasteiger charge is 2.30. The fraction of sp³-hybridized carbons (Fsp3) is 0.0667. The molecule has 6 nitrogen and oxygen atoms in total. The largest absolute Gasteiger partial charge is 0.507 e. The lowest BCUT2D eigenvalue weighted by Gasteiger charge is -2.07. The molecule has 0 fully saturated rings. The minimum Gasteiger partial charge on any atom is -0.507 e. The van der Waals surface area contributed by atoms with Crippen LogP contribution in [0.3, 0.4) is 0 Å². The smallest absolute Gasteiger partial charge is 0.416 e. The Balaban J connectivity index is 2.12. The van der Waals surface area contributed by atoms with Gasteiger partial charge in [-0.15, -0.1) is 0 Å². The van der Waals surface area contributed by atoms with Crippen molar-refractivity contribution in [1.29, 1.82) is 0 Å². The van der Waals surface area contributed by atoms with Crippen molar-refractivity contribution >= 4 is 12.1 Å². The highest BCUT2D eigenvalue weighted by Crippen LogP contribution is 2.31. The number of benzene rings is 2. The molecule has 0 aliphatic heterocycles.